The lowest BCUT2D eigenvalue weighted by Crippen LogP contribution is -2.47. The number of ether oxygens (including phenoxy) is 1. The van der Waals surface area contributed by atoms with Crippen LogP contribution >= 0.6 is 0 Å². The van der Waals surface area contributed by atoms with E-state index in [9.17, 15) is 9.59 Å². The van der Waals surface area contributed by atoms with E-state index in [-0.39, 0.29) is 23.8 Å². The van der Waals surface area contributed by atoms with Gasteiger partial charge in [0, 0.05) is 42.7 Å². The zero-order valence-electron chi connectivity index (χ0n) is 15.1. The van der Waals surface area contributed by atoms with Gasteiger partial charge in [0.15, 0.2) is 0 Å². The Morgan fingerprint density at radius 3 is 2.56 bits per heavy atom. The molecular formula is C21H23N3O3. The molecule has 2 aliphatic heterocycles. The molecule has 2 aromatic rings. The Morgan fingerprint density at radius 1 is 1.04 bits per heavy atom. The van der Waals surface area contributed by atoms with E-state index in [1.165, 1.54) is 0 Å². The number of hydrogen-bond donors (Lipinski definition) is 1. The van der Waals surface area contributed by atoms with Gasteiger partial charge in [-0.2, -0.15) is 0 Å². The summed E-state index contributed by atoms with van der Waals surface area (Å²) < 4.78 is 5.65. The van der Waals surface area contributed by atoms with Crippen LogP contribution in [0.4, 0.5) is 0 Å². The minimum atomic E-state index is -0.161. The van der Waals surface area contributed by atoms with Crippen molar-refractivity contribution in [1.82, 2.24) is 15.2 Å². The van der Waals surface area contributed by atoms with Gasteiger partial charge in [-0.3, -0.25) is 14.6 Å². The van der Waals surface area contributed by atoms with E-state index in [1.807, 2.05) is 29.2 Å². The van der Waals surface area contributed by atoms with Crippen molar-refractivity contribution < 1.29 is 14.3 Å². The summed E-state index contributed by atoms with van der Waals surface area (Å²) in [5.41, 5.74) is 1.62. The molecule has 0 radical (unpaired) electrons. The van der Waals surface area contributed by atoms with Crippen LogP contribution in [0.2, 0.25) is 0 Å². The molecule has 0 aliphatic carbocycles. The molecule has 1 aromatic heterocycles. The van der Waals surface area contributed by atoms with Gasteiger partial charge in [-0.15, -0.1) is 0 Å². The Balaban J connectivity index is 1.33. The maximum atomic E-state index is 12.8. The number of piperidine rings is 1. The van der Waals surface area contributed by atoms with Crippen LogP contribution in [0.3, 0.4) is 0 Å². The van der Waals surface area contributed by atoms with Crippen LogP contribution in [0.25, 0.3) is 0 Å². The SMILES string of the molecule is O=C(NC1CCN(C(=O)c2ccncc2)CC1)C1CCOc2ccccc21. The molecule has 4 rings (SSSR count). The third-order valence-electron chi connectivity index (χ3n) is 5.33. The number of nitrogens with one attached hydrogen (secondary N) is 1. The van der Waals surface area contributed by atoms with Crippen molar-refractivity contribution in [1.29, 1.82) is 0 Å². The van der Waals surface area contributed by atoms with Gasteiger partial charge in [-0.1, -0.05) is 18.2 Å². The van der Waals surface area contributed by atoms with Crippen LogP contribution in [-0.4, -0.2) is 47.4 Å². The molecule has 6 nitrogen and oxygen atoms in total. The molecule has 0 bridgehead atoms. The van der Waals surface area contributed by atoms with Crippen LogP contribution in [0.15, 0.2) is 48.8 Å². The number of pyridine rings is 1. The molecule has 1 N–H and O–H groups in total. The van der Waals surface area contributed by atoms with Gasteiger partial charge in [0.05, 0.1) is 12.5 Å². The van der Waals surface area contributed by atoms with Crippen molar-refractivity contribution in [3.8, 4) is 5.75 Å². The number of fused-ring (bicyclic) bond motifs is 1. The molecule has 2 aliphatic rings. The molecule has 2 amide bonds. The molecule has 1 unspecified atom stereocenters. The summed E-state index contributed by atoms with van der Waals surface area (Å²) in [5.74, 6) is 0.735. The number of para-hydroxylation sites is 1. The number of rotatable bonds is 3. The molecule has 27 heavy (non-hydrogen) atoms. The molecule has 1 saturated heterocycles. The summed E-state index contributed by atoms with van der Waals surface area (Å²) in [6, 6.07) is 11.3. The van der Waals surface area contributed by atoms with Gasteiger partial charge in [-0.25, -0.2) is 0 Å². The first-order valence-corrected chi connectivity index (χ1v) is 9.44. The van der Waals surface area contributed by atoms with E-state index < -0.39 is 0 Å². The molecule has 0 saturated carbocycles. The lowest BCUT2D eigenvalue weighted by Gasteiger charge is -2.34. The van der Waals surface area contributed by atoms with Crippen LogP contribution in [0, 0.1) is 0 Å². The molecule has 140 valence electrons. The average Bonchev–Trinajstić information content (AvgIpc) is 2.74. The fraction of sp³-hybridized carbons (Fsp3) is 0.381. The topological polar surface area (TPSA) is 71.5 Å². The third-order valence-corrected chi connectivity index (χ3v) is 5.33. The largest absolute Gasteiger partial charge is 0.493 e. The van der Waals surface area contributed by atoms with E-state index >= 15 is 0 Å². The fourth-order valence-corrected chi connectivity index (χ4v) is 3.82. The predicted molar refractivity (Wildman–Crippen MR) is 101 cm³/mol. The number of likely N-dealkylation sites (tertiary alicyclic amines) is 1. The molecule has 3 heterocycles. The quantitative estimate of drug-likeness (QED) is 0.906. The highest BCUT2D eigenvalue weighted by molar-refractivity contribution is 5.94. The molecule has 0 spiro atoms. The number of aromatic nitrogens is 1. The summed E-state index contributed by atoms with van der Waals surface area (Å²) in [5, 5.41) is 3.19. The number of amides is 2. The second-order valence-electron chi connectivity index (χ2n) is 7.04. The first-order valence-electron chi connectivity index (χ1n) is 9.44. The van der Waals surface area contributed by atoms with E-state index in [1.54, 1.807) is 24.5 Å². The molecular weight excluding hydrogens is 342 g/mol. The van der Waals surface area contributed by atoms with Gasteiger partial charge < -0.3 is 15.0 Å². The summed E-state index contributed by atoms with van der Waals surface area (Å²) >= 11 is 0. The molecule has 1 fully saturated rings. The number of hydrogen-bond acceptors (Lipinski definition) is 4. The van der Waals surface area contributed by atoms with Crippen LogP contribution in [-0.2, 0) is 4.79 Å². The Bertz CT molecular complexity index is 816. The summed E-state index contributed by atoms with van der Waals surface area (Å²) in [6.45, 7) is 1.86. The van der Waals surface area contributed by atoms with Crippen molar-refractivity contribution in [2.24, 2.45) is 0 Å². The lowest BCUT2D eigenvalue weighted by molar-refractivity contribution is -0.124. The minimum absolute atomic E-state index is 0.0283. The van der Waals surface area contributed by atoms with Gasteiger partial charge in [-0.05, 0) is 37.5 Å². The second-order valence-corrected chi connectivity index (χ2v) is 7.04. The summed E-state index contributed by atoms with van der Waals surface area (Å²) in [4.78, 5) is 31.1. The maximum absolute atomic E-state index is 12.8. The predicted octanol–water partition coefficient (Wildman–Crippen LogP) is 2.37. The van der Waals surface area contributed by atoms with Crippen molar-refractivity contribution in [2.45, 2.75) is 31.2 Å². The Kier molecular flexibility index (Phi) is 5.05. The number of carbonyl (C=O) groups is 2. The fourth-order valence-electron chi connectivity index (χ4n) is 3.82. The smallest absolute Gasteiger partial charge is 0.253 e. The molecule has 6 heteroatoms. The highest BCUT2D eigenvalue weighted by atomic mass is 16.5. The maximum Gasteiger partial charge on any atom is 0.253 e. The number of benzene rings is 1. The van der Waals surface area contributed by atoms with Gasteiger partial charge in [0.1, 0.15) is 5.75 Å². The van der Waals surface area contributed by atoms with Gasteiger partial charge in [0.2, 0.25) is 5.91 Å². The number of nitrogens with zero attached hydrogens (tertiary/aromatic N) is 2. The zero-order valence-corrected chi connectivity index (χ0v) is 15.1. The summed E-state index contributed by atoms with van der Waals surface area (Å²) in [6.07, 6.45) is 5.50. The highest BCUT2D eigenvalue weighted by Gasteiger charge is 2.30. The van der Waals surface area contributed by atoms with Crippen LogP contribution in [0.5, 0.6) is 5.75 Å². The molecule has 1 aromatic carbocycles. The first-order chi connectivity index (χ1) is 13.2. The van der Waals surface area contributed by atoms with E-state index in [0.29, 0.717) is 31.7 Å². The second kappa shape index (κ2) is 7.78. The van der Waals surface area contributed by atoms with Crippen molar-refractivity contribution in [3.05, 3.63) is 59.9 Å². The van der Waals surface area contributed by atoms with Crippen LogP contribution < -0.4 is 10.1 Å². The van der Waals surface area contributed by atoms with Gasteiger partial charge >= 0.3 is 0 Å². The lowest BCUT2D eigenvalue weighted by atomic mass is 9.91. The number of carbonyl (C=O) groups excluding carboxylic acids is 2. The highest BCUT2D eigenvalue weighted by Crippen LogP contribution is 2.33. The van der Waals surface area contributed by atoms with Crippen molar-refractivity contribution in [3.63, 3.8) is 0 Å². The van der Waals surface area contributed by atoms with Crippen molar-refractivity contribution >= 4 is 11.8 Å². The van der Waals surface area contributed by atoms with E-state index in [0.717, 1.165) is 24.2 Å². The standard InChI is InChI=1S/C21H23N3O3/c25-20(18-9-14-27-19-4-2-1-3-17(18)19)23-16-7-12-24(13-8-16)21(26)15-5-10-22-11-6-15/h1-6,10-11,16,18H,7-9,12-14H2,(H,23,25). The van der Waals surface area contributed by atoms with Gasteiger partial charge in [0.25, 0.3) is 5.91 Å². The Hall–Kier alpha value is -2.89. The third kappa shape index (κ3) is 3.79. The minimum Gasteiger partial charge on any atom is -0.493 e. The zero-order chi connectivity index (χ0) is 18.6. The normalized spacial score (nSPS) is 19.7. The average molecular weight is 365 g/mol. The first kappa shape index (κ1) is 17.5. The van der Waals surface area contributed by atoms with E-state index in [4.69, 9.17) is 4.74 Å². The van der Waals surface area contributed by atoms with Crippen LogP contribution in [0.1, 0.15) is 41.1 Å². The van der Waals surface area contributed by atoms with E-state index in [2.05, 4.69) is 10.3 Å². The Morgan fingerprint density at radius 2 is 1.78 bits per heavy atom. The monoisotopic (exact) mass is 365 g/mol. The summed E-state index contributed by atoms with van der Waals surface area (Å²) in [7, 11) is 0. The Labute approximate surface area is 158 Å². The molecule has 1 atom stereocenters. The van der Waals surface area contributed by atoms with Crippen molar-refractivity contribution in [2.75, 3.05) is 19.7 Å².